The smallest absolute Gasteiger partial charge is 0.233 e. The largest absolute Gasteiger partial charge is 0.343 e. The van der Waals surface area contributed by atoms with Crippen molar-refractivity contribution in [3.8, 4) is 0 Å². The molecule has 2 aliphatic rings. The zero-order valence-corrected chi connectivity index (χ0v) is 16.3. The number of carbonyl (C=O) groups is 3. The number of hydrogen-bond acceptors (Lipinski definition) is 4. The molecule has 0 saturated carbocycles. The third-order valence-electron chi connectivity index (χ3n) is 5.67. The van der Waals surface area contributed by atoms with Gasteiger partial charge in [-0.25, -0.2) is 0 Å². The number of aromatic nitrogens is 1. The Morgan fingerprint density at radius 1 is 1.15 bits per heavy atom. The van der Waals surface area contributed by atoms with Crippen LogP contribution in [0.25, 0.3) is 0 Å². The maximum Gasteiger partial charge on any atom is 0.233 e. The van der Waals surface area contributed by atoms with Crippen molar-refractivity contribution in [1.82, 2.24) is 9.47 Å². The van der Waals surface area contributed by atoms with Gasteiger partial charge in [0.15, 0.2) is 5.78 Å². The van der Waals surface area contributed by atoms with Crippen LogP contribution < -0.4 is 0 Å². The second-order valence-electron chi connectivity index (χ2n) is 7.29. The standard InChI is InChI=1S/C21H22N2O3S/c1-13-10-18(14(2)22(13)11-15-6-5-9-27-15)19(24)12-23-20(25)16-7-3-4-8-17(16)21(23)26/h3-6,9-10,16-17H,7-8,11-12H2,1-2H3/t16-,17-/m0/s1. The van der Waals surface area contributed by atoms with E-state index in [9.17, 15) is 14.4 Å². The highest BCUT2D eigenvalue weighted by atomic mass is 32.1. The molecule has 1 aliphatic carbocycles. The first-order chi connectivity index (χ1) is 13.0. The molecule has 2 aromatic heterocycles. The van der Waals surface area contributed by atoms with Crippen LogP contribution >= 0.6 is 11.3 Å². The fourth-order valence-electron chi connectivity index (χ4n) is 4.14. The molecule has 0 aromatic carbocycles. The molecule has 1 fully saturated rings. The minimum Gasteiger partial charge on any atom is -0.343 e. The number of fused-ring (bicyclic) bond motifs is 1. The molecule has 2 aromatic rings. The number of imide groups is 1. The van der Waals surface area contributed by atoms with Crippen molar-refractivity contribution in [1.29, 1.82) is 0 Å². The highest BCUT2D eigenvalue weighted by molar-refractivity contribution is 7.09. The Morgan fingerprint density at radius 3 is 2.41 bits per heavy atom. The minimum atomic E-state index is -0.290. The topological polar surface area (TPSA) is 59.4 Å². The van der Waals surface area contributed by atoms with Crippen molar-refractivity contribution >= 4 is 28.9 Å². The summed E-state index contributed by atoms with van der Waals surface area (Å²) in [5.41, 5.74) is 2.47. The van der Waals surface area contributed by atoms with Gasteiger partial charge in [0.1, 0.15) is 0 Å². The highest BCUT2D eigenvalue weighted by Gasteiger charge is 2.47. The third kappa shape index (κ3) is 3.08. The summed E-state index contributed by atoms with van der Waals surface area (Å²) in [4.78, 5) is 40.5. The molecule has 27 heavy (non-hydrogen) atoms. The number of amides is 2. The fourth-order valence-corrected chi connectivity index (χ4v) is 4.83. The molecule has 1 saturated heterocycles. The van der Waals surface area contributed by atoms with Gasteiger partial charge in [0, 0.05) is 21.8 Å². The van der Waals surface area contributed by atoms with Gasteiger partial charge in [-0.3, -0.25) is 19.3 Å². The van der Waals surface area contributed by atoms with E-state index in [0.29, 0.717) is 18.4 Å². The zero-order valence-electron chi connectivity index (χ0n) is 15.5. The van der Waals surface area contributed by atoms with Crippen LogP contribution in [0.1, 0.15) is 39.5 Å². The second kappa shape index (κ2) is 6.93. The summed E-state index contributed by atoms with van der Waals surface area (Å²) in [6.45, 7) is 4.46. The van der Waals surface area contributed by atoms with E-state index < -0.39 is 0 Å². The van der Waals surface area contributed by atoms with Crippen molar-refractivity contribution < 1.29 is 14.4 Å². The van der Waals surface area contributed by atoms with E-state index in [0.717, 1.165) is 17.9 Å². The maximum atomic E-state index is 12.9. The summed E-state index contributed by atoms with van der Waals surface area (Å²) in [5.74, 6) is -1.15. The number of rotatable bonds is 5. The van der Waals surface area contributed by atoms with Gasteiger partial charge in [0.25, 0.3) is 0 Å². The molecule has 2 atom stereocenters. The first kappa shape index (κ1) is 17.9. The average molecular weight is 382 g/mol. The molecule has 3 heterocycles. The van der Waals surface area contributed by atoms with E-state index >= 15 is 0 Å². The van der Waals surface area contributed by atoms with Crippen LogP contribution in [0.15, 0.2) is 35.7 Å². The fraction of sp³-hybridized carbons (Fsp3) is 0.381. The number of Topliss-reactive ketones (excluding diaryl/α,β-unsaturated/α-hetero) is 1. The van der Waals surface area contributed by atoms with Crippen molar-refractivity contribution in [2.45, 2.75) is 33.2 Å². The van der Waals surface area contributed by atoms with Gasteiger partial charge in [-0.05, 0) is 44.2 Å². The maximum absolute atomic E-state index is 12.9. The molecular weight excluding hydrogens is 360 g/mol. The van der Waals surface area contributed by atoms with Crippen molar-refractivity contribution in [2.75, 3.05) is 6.54 Å². The Balaban J connectivity index is 1.54. The summed E-state index contributed by atoms with van der Waals surface area (Å²) >= 11 is 1.68. The molecule has 2 amide bonds. The Bertz CT molecular complexity index is 913. The molecule has 0 spiro atoms. The van der Waals surface area contributed by atoms with E-state index in [1.54, 1.807) is 11.3 Å². The number of aryl methyl sites for hydroxylation is 1. The first-order valence-corrected chi connectivity index (χ1v) is 10.1. The van der Waals surface area contributed by atoms with Crippen LogP contribution in [0.4, 0.5) is 0 Å². The van der Waals surface area contributed by atoms with Gasteiger partial charge in [-0.15, -0.1) is 11.3 Å². The summed E-state index contributed by atoms with van der Waals surface area (Å²) < 4.78 is 2.11. The molecule has 0 unspecified atom stereocenters. The predicted molar refractivity (Wildman–Crippen MR) is 104 cm³/mol. The lowest BCUT2D eigenvalue weighted by Gasteiger charge is -2.14. The molecule has 0 N–H and O–H groups in total. The van der Waals surface area contributed by atoms with E-state index in [-0.39, 0.29) is 36.0 Å². The van der Waals surface area contributed by atoms with Crippen LogP contribution in [-0.4, -0.2) is 33.6 Å². The Labute approximate surface area is 162 Å². The van der Waals surface area contributed by atoms with E-state index in [1.807, 2.05) is 43.5 Å². The second-order valence-corrected chi connectivity index (χ2v) is 8.32. The van der Waals surface area contributed by atoms with Gasteiger partial charge in [-0.1, -0.05) is 18.2 Å². The minimum absolute atomic E-state index is 0.159. The normalized spacial score (nSPS) is 21.8. The Hall–Kier alpha value is -2.47. The Morgan fingerprint density at radius 2 is 1.81 bits per heavy atom. The molecule has 5 nitrogen and oxygen atoms in total. The van der Waals surface area contributed by atoms with E-state index in [4.69, 9.17) is 0 Å². The first-order valence-electron chi connectivity index (χ1n) is 9.20. The lowest BCUT2D eigenvalue weighted by atomic mass is 9.85. The van der Waals surface area contributed by atoms with E-state index in [2.05, 4.69) is 10.6 Å². The molecule has 0 radical (unpaired) electrons. The molecular formula is C21H22N2O3S. The van der Waals surface area contributed by atoms with Crippen LogP contribution in [0, 0.1) is 25.7 Å². The summed E-state index contributed by atoms with van der Waals surface area (Å²) in [6, 6.07) is 5.95. The zero-order chi connectivity index (χ0) is 19.1. The highest BCUT2D eigenvalue weighted by Crippen LogP contribution is 2.35. The predicted octanol–water partition coefficient (Wildman–Crippen LogP) is 3.35. The van der Waals surface area contributed by atoms with Gasteiger partial charge >= 0.3 is 0 Å². The van der Waals surface area contributed by atoms with Crippen LogP contribution in [0.2, 0.25) is 0 Å². The van der Waals surface area contributed by atoms with Gasteiger partial charge < -0.3 is 4.57 Å². The summed E-state index contributed by atoms with van der Waals surface area (Å²) in [7, 11) is 0. The van der Waals surface area contributed by atoms with E-state index in [1.165, 1.54) is 9.78 Å². The quantitative estimate of drug-likeness (QED) is 0.453. The molecule has 140 valence electrons. The van der Waals surface area contributed by atoms with Crippen molar-refractivity contribution in [2.24, 2.45) is 11.8 Å². The third-order valence-corrected chi connectivity index (χ3v) is 6.53. The van der Waals surface area contributed by atoms with Crippen molar-refractivity contribution in [3.05, 3.63) is 57.6 Å². The number of thiophene rings is 1. The molecule has 1 aliphatic heterocycles. The van der Waals surface area contributed by atoms with Gasteiger partial charge in [0.2, 0.25) is 11.8 Å². The lowest BCUT2D eigenvalue weighted by molar-refractivity contribution is -0.139. The number of hydrogen-bond donors (Lipinski definition) is 0. The number of ketones is 1. The van der Waals surface area contributed by atoms with Crippen molar-refractivity contribution in [3.63, 3.8) is 0 Å². The van der Waals surface area contributed by atoms with Gasteiger partial charge in [0.05, 0.1) is 24.9 Å². The summed E-state index contributed by atoms with van der Waals surface area (Å²) in [5, 5.41) is 2.04. The average Bonchev–Trinajstić information content (AvgIpc) is 3.34. The van der Waals surface area contributed by atoms with Crippen LogP contribution in [0.5, 0.6) is 0 Å². The number of carbonyl (C=O) groups excluding carboxylic acids is 3. The monoisotopic (exact) mass is 382 g/mol. The number of allylic oxidation sites excluding steroid dienone is 2. The molecule has 0 bridgehead atoms. The molecule has 4 rings (SSSR count). The van der Waals surface area contributed by atoms with Crippen LogP contribution in [-0.2, 0) is 16.1 Å². The van der Waals surface area contributed by atoms with Gasteiger partial charge in [-0.2, -0.15) is 0 Å². The number of likely N-dealkylation sites (tertiary alicyclic amines) is 1. The Kier molecular flexibility index (Phi) is 4.60. The lowest BCUT2D eigenvalue weighted by Crippen LogP contribution is -2.36. The van der Waals surface area contributed by atoms with Crippen LogP contribution in [0.3, 0.4) is 0 Å². The number of nitrogens with zero attached hydrogens (tertiary/aromatic N) is 2. The SMILES string of the molecule is Cc1cc(C(=O)CN2C(=O)[C@H]3CC=CC[C@@H]3C2=O)c(C)n1Cc1cccs1. The summed E-state index contributed by atoms with van der Waals surface area (Å²) in [6.07, 6.45) is 5.09. The molecule has 6 heteroatoms.